The van der Waals surface area contributed by atoms with E-state index in [9.17, 15) is 0 Å². The van der Waals surface area contributed by atoms with Crippen LogP contribution in [0.25, 0.3) is 0 Å². The Bertz CT molecular complexity index is 73.4. The third-order valence-corrected chi connectivity index (χ3v) is 0.279. The van der Waals surface area contributed by atoms with E-state index in [4.69, 9.17) is 5.26 Å². The topological polar surface area (TPSA) is 23.8 Å². The molecule has 0 radical (unpaired) electrons. The van der Waals surface area contributed by atoms with Crippen LogP contribution in [0.2, 0.25) is 0 Å². The molecule has 0 bridgehead atoms. The van der Waals surface area contributed by atoms with Crippen LogP contribution in [0.5, 0.6) is 0 Å². The average molecular weight is 192 g/mol. The van der Waals surface area contributed by atoms with Crippen molar-refractivity contribution >= 4 is 12.6 Å². The quantitative estimate of drug-likeness (QED) is 0.318. The largest absolute Gasteiger partial charge is 1.00 e. The molecule has 0 N–H and O–H groups in total. The summed E-state index contributed by atoms with van der Waals surface area (Å²) in [4.78, 5) is 0. The Labute approximate surface area is 58.0 Å². The fourth-order valence-corrected chi connectivity index (χ4v) is 0.0913. The van der Waals surface area contributed by atoms with Crippen molar-refractivity contribution in [1.82, 2.24) is 0 Å². The molecule has 0 spiro atoms. The van der Waals surface area contributed by atoms with Crippen LogP contribution in [-0.2, 0) is 35.0 Å². The van der Waals surface area contributed by atoms with Gasteiger partial charge < -0.3 is 12.6 Å². The van der Waals surface area contributed by atoms with Crippen LogP contribution in [-0.4, -0.2) is 0 Å². The van der Waals surface area contributed by atoms with Crippen molar-refractivity contribution in [3.05, 3.63) is 11.5 Å². The van der Waals surface area contributed by atoms with Crippen LogP contribution in [0.4, 0.5) is 0 Å². The number of nitrogens with zero attached hydrogens (tertiary/aromatic N) is 1. The second-order valence-electron chi connectivity index (χ2n) is 0.432. The summed E-state index contributed by atoms with van der Waals surface area (Å²) in [5.41, 5.74) is 0. The summed E-state index contributed by atoms with van der Waals surface area (Å²) in [5.74, 6) is 0. The Balaban J connectivity index is 0. The van der Waals surface area contributed by atoms with Crippen molar-refractivity contribution in [3.8, 4) is 6.07 Å². The predicted octanol–water partition coefficient (Wildman–Crippen LogP) is 0.568. The molecule has 0 saturated heterocycles. The minimum atomic E-state index is 0. The Morgan fingerprint density at radius 1 is 1.67 bits per heavy atom. The van der Waals surface area contributed by atoms with Gasteiger partial charge in [-0.1, -0.05) is 0 Å². The van der Waals surface area contributed by atoms with E-state index in [1.807, 2.05) is 0 Å². The number of nitriles is 1. The van der Waals surface area contributed by atoms with Gasteiger partial charge in [-0.05, 0) is 6.08 Å². The molecular formula is C3H2AgNS. The van der Waals surface area contributed by atoms with E-state index in [1.54, 1.807) is 6.07 Å². The first-order chi connectivity index (χ1) is 2.41. The molecule has 6 heavy (non-hydrogen) atoms. The molecule has 0 unspecified atom stereocenters. The molecule has 1 nitrogen and oxygen atoms in total. The van der Waals surface area contributed by atoms with Gasteiger partial charge in [-0.2, -0.15) is 5.26 Å². The van der Waals surface area contributed by atoms with Gasteiger partial charge in [0.1, 0.15) is 0 Å². The van der Waals surface area contributed by atoms with Crippen molar-refractivity contribution in [2.24, 2.45) is 0 Å². The van der Waals surface area contributed by atoms with E-state index in [2.05, 4.69) is 12.6 Å². The second kappa shape index (κ2) is 8.95. The zero-order valence-electron chi connectivity index (χ0n) is 2.81. The molecule has 0 aromatic heterocycles. The van der Waals surface area contributed by atoms with Gasteiger partial charge in [0.2, 0.25) is 0 Å². The van der Waals surface area contributed by atoms with E-state index in [-0.39, 0.29) is 22.4 Å². The molecule has 0 amide bonds. The van der Waals surface area contributed by atoms with Crippen LogP contribution >= 0.6 is 0 Å². The van der Waals surface area contributed by atoms with Crippen molar-refractivity contribution in [2.45, 2.75) is 0 Å². The minimum absolute atomic E-state index is 0. The summed E-state index contributed by atoms with van der Waals surface area (Å²) in [6.07, 6.45) is 1.25. The van der Waals surface area contributed by atoms with Crippen LogP contribution in [0.3, 0.4) is 0 Å². The monoisotopic (exact) mass is 191 g/mol. The molecule has 0 aromatic rings. The number of hydrogen-bond acceptors (Lipinski definition) is 2. The molecule has 0 aliphatic rings. The number of allylic oxidation sites excluding steroid dienone is 1. The molecular weight excluding hydrogens is 190 g/mol. The minimum Gasteiger partial charge on any atom is -0.787 e. The molecule has 0 heterocycles. The summed E-state index contributed by atoms with van der Waals surface area (Å²) in [6.45, 7) is 0. The number of rotatable bonds is 0. The van der Waals surface area contributed by atoms with Gasteiger partial charge in [0.05, 0.1) is 6.07 Å². The van der Waals surface area contributed by atoms with Gasteiger partial charge in [0.25, 0.3) is 0 Å². The molecule has 0 atom stereocenters. The maximum Gasteiger partial charge on any atom is 1.00 e. The summed E-state index contributed by atoms with van der Waals surface area (Å²) < 4.78 is 0. The van der Waals surface area contributed by atoms with Crippen LogP contribution in [0.15, 0.2) is 11.5 Å². The summed E-state index contributed by atoms with van der Waals surface area (Å²) in [5, 5.41) is 8.94. The molecule has 0 aliphatic carbocycles. The summed E-state index contributed by atoms with van der Waals surface area (Å²) in [6, 6.07) is 1.73. The fraction of sp³-hybridized carbons (Fsp3) is 0. The zero-order valence-corrected chi connectivity index (χ0v) is 5.11. The van der Waals surface area contributed by atoms with Gasteiger partial charge in [-0.15, -0.1) is 0 Å². The summed E-state index contributed by atoms with van der Waals surface area (Å²) >= 11 is 4.25. The molecule has 0 saturated carbocycles. The molecule has 36 valence electrons. The molecule has 3 heteroatoms. The second-order valence-corrected chi connectivity index (χ2v) is 0.704. The predicted molar refractivity (Wildman–Crippen MR) is 22.1 cm³/mol. The first kappa shape index (κ1) is 9.50. The molecule has 0 fully saturated rings. The number of hydrogen-bond donors (Lipinski definition) is 0. The average Bonchev–Trinajstić information content (AvgIpc) is 1.41. The van der Waals surface area contributed by atoms with Gasteiger partial charge in [0, 0.05) is 0 Å². The van der Waals surface area contributed by atoms with E-state index in [1.165, 1.54) is 11.5 Å². The SMILES string of the molecule is N#C/C=C/[S-].[Ag+]. The maximum atomic E-state index is 7.66. The van der Waals surface area contributed by atoms with Gasteiger partial charge in [-0.3, -0.25) is 0 Å². The van der Waals surface area contributed by atoms with E-state index in [0.29, 0.717) is 0 Å². The van der Waals surface area contributed by atoms with Crippen molar-refractivity contribution < 1.29 is 22.4 Å². The van der Waals surface area contributed by atoms with E-state index >= 15 is 0 Å². The Morgan fingerprint density at radius 2 is 2.17 bits per heavy atom. The third-order valence-electron chi connectivity index (χ3n) is 0.143. The van der Waals surface area contributed by atoms with Crippen molar-refractivity contribution in [2.75, 3.05) is 0 Å². The van der Waals surface area contributed by atoms with E-state index in [0.717, 1.165) is 0 Å². The van der Waals surface area contributed by atoms with Gasteiger partial charge in [-0.25, -0.2) is 5.41 Å². The smallest absolute Gasteiger partial charge is 0.787 e. The molecule has 0 rings (SSSR count). The maximum absolute atomic E-state index is 7.66. The zero-order chi connectivity index (χ0) is 4.12. The Morgan fingerprint density at radius 3 is 2.17 bits per heavy atom. The van der Waals surface area contributed by atoms with Crippen LogP contribution in [0.1, 0.15) is 0 Å². The third kappa shape index (κ3) is 8.89. The van der Waals surface area contributed by atoms with Gasteiger partial charge >= 0.3 is 22.4 Å². The Kier molecular flexibility index (Phi) is 14.2. The van der Waals surface area contributed by atoms with E-state index < -0.39 is 0 Å². The Hall–Kier alpha value is 0.190. The fourth-order valence-electron chi connectivity index (χ4n) is 0.0304. The first-order valence-electron chi connectivity index (χ1n) is 1.08. The molecule has 0 aliphatic heterocycles. The van der Waals surface area contributed by atoms with Crippen LogP contribution < -0.4 is 0 Å². The van der Waals surface area contributed by atoms with Crippen molar-refractivity contribution in [3.63, 3.8) is 0 Å². The molecule has 0 aromatic carbocycles. The summed E-state index contributed by atoms with van der Waals surface area (Å²) in [7, 11) is 0. The first-order valence-corrected chi connectivity index (χ1v) is 1.55. The van der Waals surface area contributed by atoms with Crippen LogP contribution in [0, 0.1) is 11.3 Å². The van der Waals surface area contributed by atoms with Crippen molar-refractivity contribution in [1.29, 1.82) is 5.26 Å². The van der Waals surface area contributed by atoms with Gasteiger partial charge in [0.15, 0.2) is 0 Å². The standard InChI is InChI=1S/C3H3NS.Ag/c4-2-1-3-5;/h1,3,5H;/q;+1/p-1/b3-1+;. The normalized spacial score (nSPS) is 6.50.